The van der Waals surface area contributed by atoms with Crippen LogP contribution >= 0.6 is 0 Å². The molecule has 3 rings (SSSR count). The van der Waals surface area contributed by atoms with Crippen LogP contribution in [0.15, 0.2) is 54.6 Å². The smallest absolute Gasteiger partial charge is 0.407 e. The molecule has 1 atom stereocenters. The van der Waals surface area contributed by atoms with Crippen LogP contribution in [0.2, 0.25) is 0 Å². The summed E-state index contributed by atoms with van der Waals surface area (Å²) >= 11 is 0. The highest BCUT2D eigenvalue weighted by atomic mass is 16.7. The van der Waals surface area contributed by atoms with Gasteiger partial charge in [0.15, 0.2) is 5.41 Å². The molecular weight excluding hydrogens is 434 g/mol. The summed E-state index contributed by atoms with van der Waals surface area (Å²) in [6, 6.07) is 17.4. The summed E-state index contributed by atoms with van der Waals surface area (Å²) in [5.74, 6) is -2.68. The Hall–Kier alpha value is -3.35. The third kappa shape index (κ3) is 6.37. The summed E-state index contributed by atoms with van der Waals surface area (Å²) in [6.07, 6.45) is -0.242. The Kier molecular flexibility index (Phi) is 7.05. The molecule has 1 unspecified atom stereocenters. The second-order valence-corrected chi connectivity index (χ2v) is 10.3. The average Bonchev–Trinajstić information content (AvgIpc) is 2.71. The highest BCUT2D eigenvalue weighted by Crippen LogP contribution is 2.36. The molecule has 1 fully saturated rings. The van der Waals surface area contributed by atoms with Gasteiger partial charge in [-0.25, -0.2) is 4.79 Å². The van der Waals surface area contributed by atoms with Gasteiger partial charge in [0.25, 0.3) is 5.79 Å². The van der Waals surface area contributed by atoms with Gasteiger partial charge in [0, 0.05) is 19.9 Å². The first kappa shape index (κ1) is 25.3. The van der Waals surface area contributed by atoms with E-state index in [0.717, 1.165) is 16.7 Å². The first-order chi connectivity index (χ1) is 15.8. The maximum atomic E-state index is 12.8. The van der Waals surface area contributed by atoms with Crippen LogP contribution in [0.3, 0.4) is 0 Å². The SMILES string of the molecule is CC(C)(C)OC(=O)NC(Cc1ccc(-c2ccccc2)cc1)CC1(C)C(=O)OC(C)(C)OC1=O. The molecule has 1 aliphatic rings. The molecule has 1 aliphatic heterocycles. The van der Waals surface area contributed by atoms with Crippen LogP contribution < -0.4 is 5.32 Å². The number of nitrogens with one attached hydrogen (secondary N) is 1. The molecule has 1 heterocycles. The van der Waals surface area contributed by atoms with Gasteiger partial charge in [0.1, 0.15) is 5.60 Å². The monoisotopic (exact) mass is 467 g/mol. The van der Waals surface area contributed by atoms with E-state index in [4.69, 9.17) is 14.2 Å². The van der Waals surface area contributed by atoms with E-state index in [1.165, 1.54) is 20.8 Å². The van der Waals surface area contributed by atoms with Crippen molar-refractivity contribution in [1.82, 2.24) is 5.32 Å². The second kappa shape index (κ2) is 9.49. The second-order valence-electron chi connectivity index (χ2n) is 10.3. The molecule has 182 valence electrons. The summed E-state index contributed by atoms with van der Waals surface area (Å²) in [5, 5.41) is 2.83. The third-order valence-corrected chi connectivity index (χ3v) is 5.50. The lowest BCUT2D eigenvalue weighted by Gasteiger charge is -2.39. The van der Waals surface area contributed by atoms with Crippen LogP contribution in [0.1, 0.15) is 53.5 Å². The predicted octanol–water partition coefficient (Wildman–Crippen LogP) is 5.02. The zero-order chi connectivity index (χ0) is 25.1. The molecule has 0 aromatic heterocycles. The molecule has 0 aliphatic carbocycles. The first-order valence-corrected chi connectivity index (χ1v) is 11.4. The number of alkyl carbamates (subject to hydrolysis) is 1. The van der Waals surface area contributed by atoms with Gasteiger partial charge in [-0.05, 0) is 57.2 Å². The number of rotatable bonds is 6. The van der Waals surface area contributed by atoms with Crippen molar-refractivity contribution in [2.45, 2.75) is 71.8 Å². The van der Waals surface area contributed by atoms with Crippen molar-refractivity contribution < 1.29 is 28.6 Å². The molecule has 1 saturated heterocycles. The van der Waals surface area contributed by atoms with Crippen molar-refractivity contribution in [3.63, 3.8) is 0 Å². The molecular formula is C27H33NO6. The topological polar surface area (TPSA) is 90.9 Å². The van der Waals surface area contributed by atoms with Crippen LogP contribution in [0.4, 0.5) is 4.79 Å². The van der Waals surface area contributed by atoms with Gasteiger partial charge in [-0.1, -0.05) is 54.6 Å². The fourth-order valence-electron chi connectivity index (χ4n) is 3.83. The molecule has 7 nitrogen and oxygen atoms in total. The number of amides is 1. The van der Waals surface area contributed by atoms with Crippen molar-refractivity contribution in [2.24, 2.45) is 5.41 Å². The fraction of sp³-hybridized carbons (Fsp3) is 0.444. The molecule has 1 N–H and O–H groups in total. The minimum Gasteiger partial charge on any atom is -0.444 e. The molecule has 0 spiro atoms. The summed E-state index contributed by atoms with van der Waals surface area (Å²) in [4.78, 5) is 38.1. The first-order valence-electron chi connectivity index (χ1n) is 11.4. The van der Waals surface area contributed by atoms with E-state index in [9.17, 15) is 14.4 Å². The number of esters is 2. The van der Waals surface area contributed by atoms with Crippen LogP contribution in [0.5, 0.6) is 0 Å². The number of carbonyl (C=O) groups is 3. The number of ether oxygens (including phenoxy) is 3. The van der Waals surface area contributed by atoms with Gasteiger partial charge in [-0.3, -0.25) is 9.59 Å². The van der Waals surface area contributed by atoms with Gasteiger partial charge in [0.2, 0.25) is 0 Å². The Morgan fingerprint density at radius 1 is 0.912 bits per heavy atom. The standard InChI is InChI=1S/C27H33NO6/c1-25(2,3)34-24(31)28-21(17-27(6)22(29)32-26(4,5)33-23(27)30)16-18-12-14-20(15-13-18)19-10-8-7-9-11-19/h7-15,21H,16-17H2,1-6H3,(H,28,31). The summed E-state index contributed by atoms with van der Waals surface area (Å²) in [7, 11) is 0. The van der Waals surface area contributed by atoms with E-state index in [0.29, 0.717) is 6.42 Å². The Labute approximate surface area is 200 Å². The molecule has 2 aromatic carbocycles. The van der Waals surface area contributed by atoms with Gasteiger partial charge < -0.3 is 19.5 Å². The Morgan fingerprint density at radius 3 is 1.97 bits per heavy atom. The molecule has 0 saturated carbocycles. The lowest BCUT2D eigenvalue weighted by Crippen LogP contribution is -2.55. The molecule has 1 amide bonds. The van der Waals surface area contributed by atoms with Crippen molar-refractivity contribution in [1.29, 1.82) is 0 Å². The van der Waals surface area contributed by atoms with Crippen LogP contribution in [0, 0.1) is 5.41 Å². The summed E-state index contributed by atoms with van der Waals surface area (Å²) in [5.41, 5.74) is 0.846. The molecule has 7 heteroatoms. The highest BCUT2D eigenvalue weighted by Gasteiger charge is 2.53. The lowest BCUT2D eigenvalue weighted by atomic mass is 9.81. The predicted molar refractivity (Wildman–Crippen MR) is 128 cm³/mol. The van der Waals surface area contributed by atoms with Gasteiger partial charge in [0.05, 0.1) is 0 Å². The van der Waals surface area contributed by atoms with Crippen molar-refractivity contribution in [2.75, 3.05) is 0 Å². The highest BCUT2D eigenvalue weighted by molar-refractivity contribution is 6.01. The van der Waals surface area contributed by atoms with Crippen LogP contribution in [-0.2, 0) is 30.2 Å². The number of cyclic esters (lactones) is 2. The molecule has 0 radical (unpaired) electrons. The fourth-order valence-corrected chi connectivity index (χ4v) is 3.83. The number of hydrogen-bond donors (Lipinski definition) is 1. The maximum absolute atomic E-state index is 12.8. The van der Waals surface area contributed by atoms with E-state index >= 15 is 0 Å². The number of hydrogen-bond acceptors (Lipinski definition) is 6. The van der Waals surface area contributed by atoms with E-state index in [1.807, 2.05) is 54.6 Å². The van der Waals surface area contributed by atoms with Crippen LogP contribution in [0.25, 0.3) is 11.1 Å². The van der Waals surface area contributed by atoms with E-state index in [2.05, 4.69) is 5.32 Å². The van der Waals surface area contributed by atoms with E-state index < -0.39 is 40.9 Å². The largest absolute Gasteiger partial charge is 0.444 e. The van der Waals surface area contributed by atoms with Gasteiger partial charge in [-0.15, -0.1) is 0 Å². The molecule has 34 heavy (non-hydrogen) atoms. The Bertz CT molecular complexity index is 1020. The van der Waals surface area contributed by atoms with Gasteiger partial charge in [-0.2, -0.15) is 0 Å². The lowest BCUT2D eigenvalue weighted by molar-refractivity contribution is -0.250. The minimum atomic E-state index is -1.56. The number of carbonyl (C=O) groups excluding carboxylic acids is 3. The van der Waals surface area contributed by atoms with Gasteiger partial charge >= 0.3 is 18.0 Å². The Morgan fingerprint density at radius 2 is 1.44 bits per heavy atom. The van der Waals surface area contributed by atoms with E-state index in [1.54, 1.807) is 20.8 Å². The van der Waals surface area contributed by atoms with E-state index in [-0.39, 0.29) is 6.42 Å². The molecule has 2 aromatic rings. The maximum Gasteiger partial charge on any atom is 0.407 e. The third-order valence-electron chi connectivity index (χ3n) is 5.50. The average molecular weight is 468 g/mol. The summed E-state index contributed by atoms with van der Waals surface area (Å²) < 4.78 is 16.1. The van der Waals surface area contributed by atoms with Crippen LogP contribution in [-0.4, -0.2) is 35.5 Å². The minimum absolute atomic E-state index is 0.000423. The normalized spacial score (nSPS) is 17.8. The zero-order valence-electron chi connectivity index (χ0n) is 20.6. The van der Waals surface area contributed by atoms with Crippen molar-refractivity contribution >= 4 is 18.0 Å². The molecule has 0 bridgehead atoms. The Balaban J connectivity index is 1.81. The zero-order valence-corrected chi connectivity index (χ0v) is 20.6. The number of benzene rings is 2. The van der Waals surface area contributed by atoms with Crippen molar-refractivity contribution in [3.05, 3.63) is 60.2 Å². The quantitative estimate of drug-likeness (QED) is 0.474. The summed E-state index contributed by atoms with van der Waals surface area (Å²) in [6.45, 7) is 9.80. The van der Waals surface area contributed by atoms with Crippen molar-refractivity contribution in [3.8, 4) is 11.1 Å².